The van der Waals surface area contributed by atoms with Gasteiger partial charge in [0.15, 0.2) is 0 Å². The topological polar surface area (TPSA) is 132 Å². The molecule has 3 aromatic rings. The van der Waals surface area contributed by atoms with Gasteiger partial charge in [-0.3, -0.25) is 19.3 Å². The zero-order chi connectivity index (χ0) is 31.1. The summed E-state index contributed by atoms with van der Waals surface area (Å²) in [5.41, 5.74) is 1.06. The Labute approximate surface area is 261 Å². The predicted molar refractivity (Wildman–Crippen MR) is 163 cm³/mol. The van der Waals surface area contributed by atoms with E-state index in [9.17, 15) is 24.0 Å². The number of carbonyl (C=O) groups excluding carboxylic acids is 5. The summed E-state index contributed by atoms with van der Waals surface area (Å²) < 4.78 is 16.0. The summed E-state index contributed by atoms with van der Waals surface area (Å²) in [6.07, 6.45) is 2.95. The molecule has 1 aliphatic heterocycles. The molecule has 4 rings (SSSR count). The third-order valence-electron chi connectivity index (χ3n) is 6.02. The Bertz CT molecular complexity index is 1620. The van der Waals surface area contributed by atoms with Crippen LogP contribution in [-0.2, 0) is 19.1 Å². The average molecular weight is 646 g/mol. The van der Waals surface area contributed by atoms with E-state index in [0.717, 1.165) is 11.3 Å². The lowest BCUT2D eigenvalue weighted by molar-refractivity contribution is -0.127. The number of thioether (sulfide) groups is 1. The third-order valence-corrected chi connectivity index (χ3v) is 7.59. The zero-order valence-corrected chi connectivity index (χ0v) is 25.4. The molecule has 1 saturated heterocycles. The van der Waals surface area contributed by atoms with Crippen LogP contribution in [0.4, 0.5) is 10.5 Å². The number of ether oxygens (including phenoxy) is 2. The van der Waals surface area contributed by atoms with Gasteiger partial charge in [-0.05, 0) is 73.6 Å². The van der Waals surface area contributed by atoms with Crippen molar-refractivity contribution < 1.29 is 37.9 Å². The molecular formula is C30H26Cl2N2O8S. The molecule has 2 heterocycles. The molecular weight excluding hydrogens is 619 g/mol. The van der Waals surface area contributed by atoms with E-state index in [1.165, 1.54) is 30.3 Å². The molecule has 13 heteroatoms. The van der Waals surface area contributed by atoms with Crippen LogP contribution in [0.5, 0.6) is 0 Å². The molecule has 0 saturated carbocycles. The van der Waals surface area contributed by atoms with Gasteiger partial charge >= 0.3 is 11.9 Å². The highest BCUT2D eigenvalue weighted by atomic mass is 35.5. The minimum atomic E-state index is -0.671. The Hall–Kier alpha value is -4.06. The number of rotatable bonds is 11. The molecule has 43 heavy (non-hydrogen) atoms. The number of hydrogen-bond donors (Lipinski definition) is 1. The van der Waals surface area contributed by atoms with Crippen LogP contribution in [-0.4, -0.2) is 53.7 Å². The summed E-state index contributed by atoms with van der Waals surface area (Å²) in [4.78, 5) is 63.6. The van der Waals surface area contributed by atoms with Crippen molar-refractivity contribution in [3.8, 4) is 11.3 Å². The quantitative estimate of drug-likeness (QED) is 0.132. The van der Waals surface area contributed by atoms with Crippen LogP contribution in [0.2, 0.25) is 10.0 Å². The highest BCUT2D eigenvalue weighted by molar-refractivity contribution is 8.18. The maximum Gasteiger partial charge on any atom is 0.339 e. The molecule has 10 nitrogen and oxygen atoms in total. The van der Waals surface area contributed by atoms with E-state index in [0.29, 0.717) is 29.5 Å². The van der Waals surface area contributed by atoms with Gasteiger partial charge in [0.05, 0.1) is 39.3 Å². The van der Waals surface area contributed by atoms with E-state index >= 15 is 0 Å². The second-order valence-electron chi connectivity index (χ2n) is 9.12. The Kier molecular flexibility index (Phi) is 10.7. The molecule has 0 radical (unpaired) electrons. The van der Waals surface area contributed by atoms with Crippen LogP contribution >= 0.6 is 35.0 Å². The Balaban J connectivity index is 1.42. The number of nitrogens with zero attached hydrogens (tertiary/aromatic N) is 1. The maximum absolute atomic E-state index is 13.0. The minimum absolute atomic E-state index is 0.0608. The molecule has 1 aliphatic rings. The highest BCUT2D eigenvalue weighted by Crippen LogP contribution is 2.34. The first-order valence-electron chi connectivity index (χ1n) is 13.2. The van der Waals surface area contributed by atoms with Crippen molar-refractivity contribution in [2.24, 2.45) is 0 Å². The fourth-order valence-electron chi connectivity index (χ4n) is 3.89. The highest BCUT2D eigenvalue weighted by Gasteiger charge is 2.36. The van der Waals surface area contributed by atoms with E-state index in [2.05, 4.69) is 5.32 Å². The van der Waals surface area contributed by atoms with Crippen LogP contribution in [0.25, 0.3) is 17.4 Å². The number of imide groups is 1. The lowest BCUT2D eigenvalue weighted by Gasteiger charge is -2.13. The van der Waals surface area contributed by atoms with Gasteiger partial charge in [0.25, 0.3) is 11.1 Å². The molecule has 224 valence electrons. The van der Waals surface area contributed by atoms with Crippen molar-refractivity contribution in [3.05, 3.63) is 80.4 Å². The summed E-state index contributed by atoms with van der Waals surface area (Å²) in [5.74, 6) is -1.85. The second kappa shape index (κ2) is 14.4. The molecule has 2 aromatic carbocycles. The first-order chi connectivity index (χ1) is 20.6. The minimum Gasteiger partial charge on any atom is -0.462 e. The van der Waals surface area contributed by atoms with Gasteiger partial charge in [-0.2, -0.15) is 0 Å². The van der Waals surface area contributed by atoms with Crippen molar-refractivity contribution in [2.75, 3.05) is 25.1 Å². The number of benzene rings is 2. The average Bonchev–Trinajstić information content (AvgIpc) is 3.54. The largest absolute Gasteiger partial charge is 0.462 e. The lowest BCUT2D eigenvalue weighted by atomic mass is 10.1. The summed E-state index contributed by atoms with van der Waals surface area (Å²) >= 11 is 12.9. The van der Waals surface area contributed by atoms with E-state index in [1.54, 1.807) is 31.2 Å². The number of nitrogens with one attached hydrogen (secondary N) is 1. The molecule has 0 unspecified atom stereocenters. The first-order valence-corrected chi connectivity index (χ1v) is 14.8. The molecule has 0 aliphatic carbocycles. The summed E-state index contributed by atoms with van der Waals surface area (Å²) in [6, 6.07) is 12.3. The Morgan fingerprint density at radius 2 is 1.65 bits per heavy atom. The normalized spacial score (nSPS) is 13.9. The standard InChI is InChI=1S/C30H26Cl2N2O8S/c1-3-5-12-41-29(38)21-14-18(7-10-23(21)32)33-26(35)16-34-27(36)25(43-30(34)39)15-19-8-11-24(42-19)17-6-9-22(31)20(13-17)28(37)40-4-2/h6-11,13-15H,3-5,12,16H2,1-2H3,(H,33,35)/b25-15+. The molecule has 1 aromatic heterocycles. The van der Waals surface area contributed by atoms with Gasteiger partial charge < -0.3 is 19.2 Å². The number of furan rings is 1. The molecule has 0 atom stereocenters. The van der Waals surface area contributed by atoms with Crippen molar-refractivity contribution in [1.82, 2.24) is 4.90 Å². The number of hydrogen-bond acceptors (Lipinski definition) is 9. The van der Waals surface area contributed by atoms with E-state index in [4.69, 9.17) is 37.1 Å². The Morgan fingerprint density at radius 3 is 2.37 bits per heavy atom. The Morgan fingerprint density at radius 1 is 0.953 bits per heavy atom. The van der Waals surface area contributed by atoms with Crippen LogP contribution < -0.4 is 5.32 Å². The molecule has 3 amide bonds. The molecule has 0 spiro atoms. The molecule has 0 bridgehead atoms. The van der Waals surface area contributed by atoms with Crippen LogP contribution in [0.15, 0.2) is 57.9 Å². The van der Waals surface area contributed by atoms with Gasteiger partial charge in [-0.1, -0.05) is 36.5 Å². The summed E-state index contributed by atoms with van der Waals surface area (Å²) in [6.45, 7) is 3.54. The third kappa shape index (κ3) is 7.86. The first kappa shape index (κ1) is 31.9. The molecule has 1 N–H and O–H groups in total. The monoisotopic (exact) mass is 644 g/mol. The number of carbonyl (C=O) groups is 5. The van der Waals surface area contributed by atoms with Crippen molar-refractivity contribution in [2.45, 2.75) is 26.7 Å². The molecule has 1 fully saturated rings. The fraction of sp³-hybridized carbons (Fsp3) is 0.233. The number of anilines is 1. The lowest BCUT2D eigenvalue weighted by Crippen LogP contribution is -2.36. The number of unbranched alkanes of at least 4 members (excludes halogenated alkanes) is 1. The van der Waals surface area contributed by atoms with Crippen LogP contribution in [0.3, 0.4) is 0 Å². The number of amides is 3. The van der Waals surface area contributed by atoms with E-state index < -0.39 is 35.5 Å². The fourth-order valence-corrected chi connectivity index (χ4v) is 5.09. The van der Waals surface area contributed by atoms with Gasteiger partial charge in [-0.15, -0.1) is 0 Å². The second-order valence-corrected chi connectivity index (χ2v) is 10.9. The van der Waals surface area contributed by atoms with Crippen molar-refractivity contribution in [1.29, 1.82) is 0 Å². The van der Waals surface area contributed by atoms with Crippen LogP contribution in [0, 0.1) is 0 Å². The summed E-state index contributed by atoms with van der Waals surface area (Å²) in [7, 11) is 0. The number of esters is 2. The van der Waals surface area contributed by atoms with E-state index in [-0.39, 0.29) is 50.7 Å². The van der Waals surface area contributed by atoms with Crippen molar-refractivity contribution in [3.63, 3.8) is 0 Å². The van der Waals surface area contributed by atoms with Gasteiger partial charge in [-0.25, -0.2) is 9.59 Å². The van der Waals surface area contributed by atoms with Gasteiger partial charge in [0.2, 0.25) is 5.91 Å². The smallest absolute Gasteiger partial charge is 0.339 e. The van der Waals surface area contributed by atoms with Gasteiger partial charge in [0.1, 0.15) is 18.1 Å². The zero-order valence-electron chi connectivity index (χ0n) is 23.1. The van der Waals surface area contributed by atoms with Crippen molar-refractivity contribution >= 4 is 75.7 Å². The maximum atomic E-state index is 13.0. The summed E-state index contributed by atoms with van der Waals surface area (Å²) in [5, 5.41) is 2.33. The predicted octanol–water partition coefficient (Wildman–Crippen LogP) is 7.06. The number of halogens is 2. The van der Waals surface area contributed by atoms with Gasteiger partial charge in [0, 0.05) is 17.3 Å². The van der Waals surface area contributed by atoms with E-state index in [1.807, 2.05) is 6.92 Å². The SMILES string of the molecule is CCCCOC(=O)c1cc(NC(=O)CN2C(=O)S/C(=C/c3ccc(-c4ccc(Cl)c(C(=O)OCC)c4)o3)C2=O)ccc1Cl. The van der Waals surface area contributed by atoms with Crippen LogP contribution in [0.1, 0.15) is 53.2 Å².